The number of rotatable bonds is 0. The first kappa shape index (κ1) is 10.1. The molecule has 0 spiro atoms. The maximum Gasteiger partial charge on any atom is 0.161 e. The third-order valence-corrected chi connectivity index (χ3v) is 3.33. The summed E-state index contributed by atoms with van der Waals surface area (Å²) in [6.07, 6.45) is 0. The first-order valence-electron chi connectivity index (χ1n) is 5.98. The van der Waals surface area contributed by atoms with Gasteiger partial charge in [-0.05, 0) is 12.1 Å². The summed E-state index contributed by atoms with van der Waals surface area (Å²) in [5.41, 5.74) is 2.74. The Labute approximate surface area is 108 Å². The van der Waals surface area contributed by atoms with Crippen molar-refractivity contribution in [3.05, 3.63) is 54.2 Å². The Morgan fingerprint density at radius 1 is 0.895 bits per heavy atom. The average molecular weight is 244 g/mol. The van der Waals surface area contributed by atoms with Crippen LogP contribution in [0.15, 0.2) is 52.9 Å². The first-order valence-corrected chi connectivity index (χ1v) is 5.98. The third kappa shape index (κ3) is 1.28. The average Bonchev–Trinajstić information content (AvgIpc) is 2.85. The minimum absolute atomic E-state index is 0.439. The van der Waals surface area contributed by atoms with E-state index < -0.39 is 0 Å². The highest BCUT2D eigenvalue weighted by Gasteiger charge is 2.14. The van der Waals surface area contributed by atoms with Gasteiger partial charge in [-0.1, -0.05) is 36.4 Å². The fourth-order valence-corrected chi connectivity index (χ4v) is 2.47. The van der Waals surface area contributed by atoms with Crippen molar-refractivity contribution in [3.63, 3.8) is 0 Å². The van der Waals surface area contributed by atoms with Crippen LogP contribution in [0.1, 0.15) is 5.69 Å². The zero-order valence-electron chi connectivity index (χ0n) is 9.92. The van der Waals surface area contributed by atoms with Gasteiger partial charge >= 0.3 is 0 Å². The van der Waals surface area contributed by atoms with Gasteiger partial charge in [0.2, 0.25) is 0 Å². The number of nitriles is 1. The van der Waals surface area contributed by atoms with Crippen molar-refractivity contribution < 1.29 is 4.42 Å². The monoisotopic (exact) mass is 244 g/mol. The van der Waals surface area contributed by atoms with Crippen LogP contribution in [0.25, 0.3) is 32.8 Å². The van der Waals surface area contributed by atoms with Gasteiger partial charge in [-0.2, -0.15) is 5.26 Å². The molecule has 2 heterocycles. The lowest BCUT2D eigenvalue weighted by Crippen LogP contribution is -1.86. The molecular formula is C16H8N2O. The summed E-state index contributed by atoms with van der Waals surface area (Å²) in [7, 11) is 0. The molecule has 0 amide bonds. The smallest absolute Gasteiger partial charge is 0.161 e. The number of pyridine rings is 1. The second-order valence-electron chi connectivity index (χ2n) is 4.39. The summed E-state index contributed by atoms with van der Waals surface area (Å²) in [6, 6.07) is 17.6. The number of benzene rings is 2. The van der Waals surface area contributed by atoms with Gasteiger partial charge in [0.25, 0.3) is 0 Å². The van der Waals surface area contributed by atoms with Gasteiger partial charge in [0.05, 0.1) is 0 Å². The van der Waals surface area contributed by atoms with Crippen molar-refractivity contribution in [2.24, 2.45) is 0 Å². The molecule has 0 saturated heterocycles. The Bertz CT molecular complexity index is 976. The normalized spacial score (nSPS) is 11.1. The summed E-state index contributed by atoms with van der Waals surface area (Å²) in [5, 5.41) is 12.0. The molecule has 3 heteroatoms. The van der Waals surface area contributed by atoms with Gasteiger partial charge in [-0.25, -0.2) is 4.98 Å². The molecule has 3 nitrogen and oxygen atoms in total. The van der Waals surface area contributed by atoms with Gasteiger partial charge in [0, 0.05) is 16.2 Å². The molecule has 88 valence electrons. The molecule has 0 aliphatic rings. The summed E-state index contributed by atoms with van der Waals surface area (Å²) < 4.78 is 5.89. The summed E-state index contributed by atoms with van der Waals surface area (Å²) in [6.45, 7) is 0. The summed E-state index contributed by atoms with van der Waals surface area (Å²) >= 11 is 0. The molecule has 4 rings (SSSR count). The third-order valence-electron chi connectivity index (χ3n) is 3.33. The lowest BCUT2D eigenvalue weighted by atomic mass is 10.1. The van der Waals surface area contributed by atoms with E-state index in [-0.39, 0.29) is 0 Å². The van der Waals surface area contributed by atoms with Crippen LogP contribution in [0.2, 0.25) is 0 Å². The number of aromatic nitrogens is 1. The molecule has 0 saturated carbocycles. The maximum atomic E-state index is 9.26. The van der Waals surface area contributed by atoms with Crippen LogP contribution in [0, 0.1) is 11.3 Å². The number of hydrogen-bond donors (Lipinski definition) is 0. The molecule has 0 radical (unpaired) electrons. The van der Waals surface area contributed by atoms with Gasteiger partial charge in [-0.15, -0.1) is 0 Å². The Morgan fingerprint density at radius 3 is 2.37 bits per heavy atom. The van der Waals surface area contributed by atoms with Crippen molar-refractivity contribution >= 4 is 32.8 Å². The van der Waals surface area contributed by atoms with Crippen LogP contribution in [0.5, 0.6) is 0 Å². The van der Waals surface area contributed by atoms with Gasteiger partial charge < -0.3 is 4.42 Å². The zero-order valence-corrected chi connectivity index (χ0v) is 9.92. The van der Waals surface area contributed by atoms with E-state index >= 15 is 0 Å². The molecule has 2 aromatic carbocycles. The molecule has 2 aromatic heterocycles. The molecule has 0 aliphatic heterocycles. The van der Waals surface area contributed by atoms with Crippen LogP contribution in [0.3, 0.4) is 0 Å². The lowest BCUT2D eigenvalue weighted by Gasteiger charge is -1.99. The van der Waals surface area contributed by atoms with E-state index in [1.165, 1.54) is 0 Å². The van der Waals surface area contributed by atoms with Crippen molar-refractivity contribution in [1.82, 2.24) is 4.98 Å². The molecule has 4 aromatic rings. The second-order valence-corrected chi connectivity index (χ2v) is 4.39. The number of fused-ring (bicyclic) bond motifs is 5. The van der Waals surface area contributed by atoms with E-state index in [0.29, 0.717) is 5.69 Å². The van der Waals surface area contributed by atoms with E-state index in [0.717, 1.165) is 32.8 Å². The Balaban J connectivity index is 2.36. The highest BCUT2D eigenvalue weighted by Crippen LogP contribution is 2.33. The fourth-order valence-electron chi connectivity index (χ4n) is 2.47. The highest BCUT2D eigenvalue weighted by atomic mass is 16.3. The SMILES string of the molecule is N#Cc1nc2c3ccccc3oc2c2ccccc12. The molecule has 0 fully saturated rings. The minimum atomic E-state index is 0.439. The van der Waals surface area contributed by atoms with Crippen molar-refractivity contribution in [2.45, 2.75) is 0 Å². The molecule has 0 bridgehead atoms. The Morgan fingerprint density at radius 2 is 1.58 bits per heavy atom. The van der Waals surface area contributed by atoms with E-state index in [1.54, 1.807) is 0 Å². The molecule has 0 aliphatic carbocycles. The molecular weight excluding hydrogens is 236 g/mol. The fraction of sp³-hybridized carbons (Fsp3) is 0. The number of para-hydroxylation sites is 1. The first-order chi connectivity index (χ1) is 9.38. The van der Waals surface area contributed by atoms with E-state index in [9.17, 15) is 5.26 Å². The largest absolute Gasteiger partial charge is 0.454 e. The van der Waals surface area contributed by atoms with E-state index in [2.05, 4.69) is 11.1 Å². The molecule has 19 heavy (non-hydrogen) atoms. The molecule has 0 N–H and O–H groups in total. The molecule has 0 unspecified atom stereocenters. The highest BCUT2D eigenvalue weighted by molar-refractivity contribution is 6.13. The second kappa shape index (κ2) is 3.56. The minimum Gasteiger partial charge on any atom is -0.454 e. The van der Waals surface area contributed by atoms with Crippen molar-refractivity contribution in [3.8, 4) is 6.07 Å². The quantitative estimate of drug-likeness (QED) is 0.469. The number of hydrogen-bond acceptors (Lipinski definition) is 3. The van der Waals surface area contributed by atoms with Gasteiger partial charge in [0.15, 0.2) is 5.58 Å². The lowest BCUT2D eigenvalue weighted by molar-refractivity contribution is 0.672. The maximum absolute atomic E-state index is 9.26. The van der Waals surface area contributed by atoms with Crippen LogP contribution < -0.4 is 0 Å². The van der Waals surface area contributed by atoms with Crippen molar-refractivity contribution in [1.29, 1.82) is 5.26 Å². The predicted molar refractivity (Wildman–Crippen MR) is 73.7 cm³/mol. The summed E-state index contributed by atoms with van der Waals surface area (Å²) in [5.74, 6) is 0. The Hall–Kier alpha value is -2.86. The van der Waals surface area contributed by atoms with E-state index in [4.69, 9.17) is 4.42 Å². The molecule has 0 atom stereocenters. The van der Waals surface area contributed by atoms with Gasteiger partial charge in [0.1, 0.15) is 22.9 Å². The van der Waals surface area contributed by atoms with E-state index in [1.807, 2.05) is 48.5 Å². The number of nitrogens with zero attached hydrogens (tertiary/aromatic N) is 2. The van der Waals surface area contributed by atoms with Crippen LogP contribution in [-0.2, 0) is 0 Å². The van der Waals surface area contributed by atoms with Crippen LogP contribution in [-0.4, -0.2) is 4.98 Å². The van der Waals surface area contributed by atoms with Crippen molar-refractivity contribution in [2.75, 3.05) is 0 Å². The topological polar surface area (TPSA) is 49.8 Å². The predicted octanol–water partition coefficient (Wildman–Crippen LogP) is 4.01. The standard InChI is InChI=1S/C16H8N2O/c17-9-13-10-5-1-2-6-11(10)16-15(18-13)12-7-3-4-8-14(12)19-16/h1-8H. The van der Waals surface area contributed by atoms with Crippen LogP contribution >= 0.6 is 0 Å². The zero-order chi connectivity index (χ0) is 12.8. The Kier molecular flexibility index (Phi) is 1.89. The summed E-state index contributed by atoms with van der Waals surface area (Å²) in [4.78, 5) is 4.46. The van der Waals surface area contributed by atoms with Crippen LogP contribution in [0.4, 0.5) is 0 Å². The van der Waals surface area contributed by atoms with Gasteiger partial charge in [-0.3, -0.25) is 0 Å². The number of furan rings is 1.